The van der Waals surface area contributed by atoms with Crippen molar-refractivity contribution >= 4 is 23.2 Å². The van der Waals surface area contributed by atoms with Gasteiger partial charge in [0.1, 0.15) is 11.4 Å². The van der Waals surface area contributed by atoms with Gasteiger partial charge in [0.2, 0.25) is 5.91 Å². The molecule has 0 saturated heterocycles. The number of nitrogens with zero attached hydrogens (tertiary/aromatic N) is 4. The minimum Gasteiger partial charge on any atom is -0.349 e. The monoisotopic (exact) mass is 310 g/mol. The van der Waals surface area contributed by atoms with Gasteiger partial charge in [-0.1, -0.05) is 16.8 Å². The number of nitrogens with one attached hydrogen (secondary N) is 1. The van der Waals surface area contributed by atoms with E-state index in [0.717, 1.165) is 0 Å². The third kappa shape index (κ3) is 3.52. The number of rotatable bonds is 5. The lowest BCUT2D eigenvalue weighted by molar-refractivity contribution is -0.384. The highest BCUT2D eigenvalue weighted by molar-refractivity contribution is 6.30. The van der Waals surface area contributed by atoms with E-state index in [2.05, 4.69) is 15.6 Å². The molecule has 0 aliphatic heterocycles. The lowest BCUT2D eigenvalue weighted by Crippen LogP contribution is -2.29. The van der Waals surface area contributed by atoms with Crippen molar-refractivity contribution in [2.24, 2.45) is 5.73 Å². The summed E-state index contributed by atoms with van der Waals surface area (Å²) in [6.07, 6.45) is 1.47. The number of hydrogen-bond acceptors (Lipinski definition) is 6. The first kappa shape index (κ1) is 14.9. The first-order valence-corrected chi connectivity index (χ1v) is 6.21. The maximum atomic E-state index is 11.1. The van der Waals surface area contributed by atoms with Crippen LogP contribution in [0.4, 0.5) is 5.69 Å². The molecule has 9 nitrogen and oxygen atoms in total. The van der Waals surface area contributed by atoms with Crippen LogP contribution in [0.25, 0.3) is 5.69 Å². The van der Waals surface area contributed by atoms with Gasteiger partial charge in [-0.3, -0.25) is 14.9 Å². The van der Waals surface area contributed by atoms with Crippen LogP contribution in [0.3, 0.4) is 0 Å². The third-order valence-electron chi connectivity index (χ3n) is 2.57. The Morgan fingerprint density at radius 1 is 1.52 bits per heavy atom. The number of nitro groups is 1. The van der Waals surface area contributed by atoms with Gasteiger partial charge >= 0.3 is 0 Å². The number of carbonyl (C=O) groups is 1. The van der Waals surface area contributed by atoms with Gasteiger partial charge in [-0.05, 0) is 12.1 Å². The van der Waals surface area contributed by atoms with Crippen molar-refractivity contribution < 1.29 is 9.72 Å². The smallest absolute Gasteiger partial charge is 0.295 e. The largest absolute Gasteiger partial charge is 0.349 e. The second-order valence-corrected chi connectivity index (χ2v) is 4.46. The highest BCUT2D eigenvalue weighted by atomic mass is 35.5. The summed E-state index contributed by atoms with van der Waals surface area (Å²) in [5, 5.41) is 21.5. The molecule has 0 bridgehead atoms. The molecule has 0 saturated carbocycles. The van der Waals surface area contributed by atoms with Crippen molar-refractivity contribution in [2.45, 2.75) is 6.54 Å². The average molecular weight is 311 g/mol. The molecule has 3 N–H and O–H groups in total. The summed E-state index contributed by atoms with van der Waals surface area (Å²) in [7, 11) is 0. The molecule has 1 aromatic carbocycles. The molecule has 0 aliphatic carbocycles. The molecule has 21 heavy (non-hydrogen) atoms. The second kappa shape index (κ2) is 6.29. The Balaban J connectivity index is 2.27. The van der Waals surface area contributed by atoms with Gasteiger partial charge in [0.25, 0.3) is 5.69 Å². The Morgan fingerprint density at radius 2 is 2.29 bits per heavy atom. The van der Waals surface area contributed by atoms with E-state index in [1.165, 1.54) is 29.1 Å². The molecule has 1 heterocycles. The standard InChI is InChI=1S/C11H11ClN6O3/c12-7-1-2-9(18(20)21)10(3-7)17-6-8(15-16-17)5-14-11(19)4-13/h1-3,6H,4-5,13H2,(H,14,19). The Bertz CT molecular complexity index is 686. The van der Waals surface area contributed by atoms with E-state index < -0.39 is 4.92 Å². The van der Waals surface area contributed by atoms with Crippen molar-refractivity contribution in [1.82, 2.24) is 20.3 Å². The van der Waals surface area contributed by atoms with E-state index in [1.54, 1.807) is 0 Å². The molecular formula is C11H11ClN6O3. The Labute approximate surface area is 123 Å². The minimum atomic E-state index is -0.538. The number of benzene rings is 1. The molecule has 1 amide bonds. The normalized spacial score (nSPS) is 10.4. The highest BCUT2D eigenvalue weighted by Crippen LogP contribution is 2.25. The molecule has 2 rings (SSSR count). The summed E-state index contributed by atoms with van der Waals surface area (Å²) in [6.45, 7) is -0.00169. The molecule has 1 aromatic heterocycles. The number of carbonyl (C=O) groups excluding carboxylic acids is 1. The van der Waals surface area contributed by atoms with Crippen molar-refractivity contribution in [3.63, 3.8) is 0 Å². The molecule has 0 atom stereocenters. The molecule has 2 aromatic rings. The van der Waals surface area contributed by atoms with Crippen molar-refractivity contribution in [3.05, 3.63) is 45.2 Å². The van der Waals surface area contributed by atoms with Crippen molar-refractivity contribution in [1.29, 1.82) is 0 Å². The van der Waals surface area contributed by atoms with Crippen LogP contribution in [0.5, 0.6) is 0 Å². The maximum absolute atomic E-state index is 11.1. The molecule has 0 spiro atoms. The fraction of sp³-hybridized carbons (Fsp3) is 0.182. The lowest BCUT2D eigenvalue weighted by atomic mass is 10.2. The topological polar surface area (TPSA) is 129 Å². The predicted molar refractivity (Wildman–Crippen MR) is 73.9 cm³/mol. The van der Waals surface area contributed by atoms with Gasteiger partial charge in [-0.15, -0.1) is 5.10 Å². The van der Waals surface area contributed by atoms with Crippen LogP contribution in [0, 0.1) is 10.1 Å². The summed E-state index contributed by atoms with van der Waals surface area (Å²) >= 11 is 5.84. The quantitative estimate of drug-likeness (QED) is 0.607. The van der Waals surface area contributed by atoms with Crippen LogP contribution < -0.4 is 11.1 Å². The van der Waals surface area contributed by atoms with E-state index in [0.29, 0.717) is 10.7 Å². The van der Waals surface area contributed by atoms with Crippen LogP contribution in [-0.4, -0.2) is 32.4 Å². The zero-order chi connectivity index (χ0) is 15.4. The van der Waals surface area contributed by atoms with Crippen LogP contribution in [0.1, 0.15) is 5.69 Å². The zero-order valence-corrected chi connectivity index (χ0v) is 11.4. The van der Waals surface area contributed by atoms with Gasteiger partial charge in [0, 0.05) is 11.1 Å². The van der Waals surface area contributed by atoms with Gasteiger partial charge in [0.05, 0.1) is 24.2 Å². The summed E-state index contributed by atoms with van der Waals surface area (Å²) < 4.78 is 1.23. The van der Waals surface area contributed by atoms with Crippen LogP contribution in [0.2, 0.25) is 5.02 Å². The van der Waals surface area contributed by atoms with Crippen LogP contribution in [-0.2, 0) is 11.3 Å². The number of amides is 1. The number of nitrogens with two attached hydrogens (primary N) is 1. The molecule has 0 radical (unpaired) electrons. The third-order valence-corrected chi connectivity index (χ3v) is 2.81. The average Bonchev–Trinajstić information content (AvgIpc) is 2.93. The van der Waals surface area contributed by atoms with E-state index in [4.69, 9.17) is 17.3 Å². The predicted octanol–water partition coefficient (Wildman–Crippen LogP) is 0.404. The van der Waals surface area contributed by atoms with Crippen LogP contribution >= 0.6 is 11.6 Å². The summed E-state index contributed by atoms with van der Waals surface area (Å²) in [6, 6.07) is 4.12. The van der Waals surface area contributed by atoms with E-state index in [1.807, 2.05) is 0 Å². The van der Waals surface area contributed by atoms with E-state index in [9.17, 15) is 14.9 Å². The highest BCUT2D eigenvalue weighted by Gasteiger charge is 2.17. The SMILES string of the molecule is NCC(=O)NCc1cn(-c2cc(Cl)ccc2[N+](=O)[O-])nn1. The first-order valence-electron chi connectivity index (χ1n) is 5.83. The Kier molecular flexibility index (Phi) is 4.45. The molecule has 110 valence electrons. The van der Waals surface area contributed by atoms with Gasteiger partial charge in [-0.2, -0.15) is 0 Å². The van der Waals surface area contributed by atoms with E-state index in [-0.39, 0.29) is 30.4 Å². The number of halogens is 1. The second-order valence-electron chi connectivity index (χ2n) is 4.03. The fourth-order valence-electron chi connectivity index (χ4n) is 1.59. The molecule has 0 fully saturated rings. The molecule has 0 unspecified atom stereocenters. The molecule has 10 heteroatoms. The minimum absolute atomic E-state index is 0.129. The lowest BCUT2D eigenvalue weighted by Gasteiger charge is -2.02. The van der Waals surface area contributed by atoms with Gasteiger partial charge < -0.3 is 11.1 Å². The summed E-state index contributed by atoms with van der Waals surface area (Å²) in [4.78, 5) is 21.5. The number of aromatic nitrogens is 3. The van der Waals surface area contributed by atoms with Gasteiger partial charge in [-0.25, -0.2) is 4.68 Å². The Hall–Kier alpha value is -2.52. The van der Waals surface area contributed by atoms with E-state index >= 15 is 0 Å². The van der Waals surface area contributed by atoms with Crippen molar-refractivity contribution in [2.75, 3.05) is 6.54 Å². The maximum Gasteiger partial charge on any atom is 0.295 e. The van der Waals surface area contributed by atoms with Crippen LogP contribution in [0.15, 0.2) is 24.4 Å². The Morgan fingerprint density at radius 3 is 2.95 bits per heavy atom. The fourth-order valence-corrected chi connectivity index (χ4v) is 1.76. The summed E-state index contributed by atoms with van der Waals surface area (Å²) in [5.74, 6) is -0.335. The molecular weight excluding hydrogens is 300 g/mol. The number of nitro benzene ring substituents is 1. The number of hydrogen-bond donors (Lipinski definition) is 2. The first-order chi connectivity index (χ1) is 10.0. The summed E-state index contributed by atoms with van der Waals surface area (Å²) in [5.41, 5.74) is 5.64. The zero-order valence-electron chi connectivity index (χ0n) is 10.7. The van der Waals surface area contributed by atoms with Gasteiger partial charge in [0.15, 0.2) is 0 Å². The van der Waals surface area contributed by atoms with Crippen molar-refractivity contribution in [3.8, 4) is 5.69 Å². The molecule has 0 aliphatic rings.